The topological polar surface area (TPSA) is 49.3 Å². The summed E-state index contributed by atoms with van der Waals surface area (Å²) in [5.74, 6) is -0.00166. The zero-order chi connectivity index (χ0) is 11.1. The molecule has 1 amide bonds. The fraction of sp³-hybridized carbons (Fsp3) is 0.417. The standard InChI is InChI=1S/C12H17NO2/c1-2-3-4-8-13-12(15)10-6-5-7-11(14)9-10/h5-7,9,14H,2-4,8H2,1H3,(H,13,15). The van der Waals surface area contributed by atoms with Gasteiger partial charge in [-0.25, -0.2) is 0 Å². The van der Waals surface area contributed by atoms with E-state index in [2.05, 4.69) is 12.2 Å². The highest BCUT2D eigenvalue weighted by Gasteiger charge is 2.04. The molecule has 0 aliphatic rings. The number of hydrogen-bond donors (Lipinski definition) is 2. The van der Waals surface area contributed by atoms with Gasteiger partial charge in [-0.1, -0.05) is 25.8 Å². The van der Waals surface area contributed by atoms with E-state index in [4.69, 9.17) is 0 Å². The molecule has 1 aromatic carbocycles. The molecule has 15 heavy (non-hydrogen) atoms. The van der Waals surface area contributed by atoms with Crippen molar-refractivity contribution >= 4 is 5.91 Å². The SMILES string of the molecule is CCCCCNC(=O)c1cccc(O)c1. The number of phenols is 1. The average Bonchev–Trinajstić information content (AvgIpc) is 2.24. The van der Waals surface area contributed by atoms with Gasteiger partial charge >= 0.3 is 0 Å². The van der Waals surface area contributed by atoms with Crippen molar-refractivity contribution in [3.05, 3.63) is 29.8 Å². The predicted octanol–water partition coefficient (Wildman–Crippen LogP) is 2.31. The van der Waals surface area contributed by atoms with Crippen LogP contribution in [0.4, 0.5) is 0 Å². The summed E-state index contributed by atoms with van der Waals surface area (Å²) in [5, 5.41) is 12.0. The minimum atomic E-state index is -0.123. The summed E-state index contributed by atoms with van der Waals surface area (Å²) < 4.78 is 0. The molecule has 2 N–H and O–H groups in total. The number of nitrogens with one attached hydrogen (secondary N) is 1. The Kier molecular flexibility index (Phi) is 4.68. The van der Waals surface area contributed by atoms with Crippen LogP contribution in [0.15, 0.2) is 24.3 Å². The number of rotatable bonds is 5. The summed E-state index contributed by atoms with van der Waals surface area (Å²) in [6.45, 7) is 2.82. The number of benzene rings is 1. The lowest BCUT2D eigenvalue weighted by Crippen LogP contribution is -2.24. The van der Waals surface area contributed by atoms with Crippen molar-refractivity contribution in [3.63, 3.8) is 0 Å². The summed E-state index contributed by atoms with van der Waals surface area (Å²) in [6.07, 6.45) is 3.27. The number of carbonyl (C=O) groups is 1. The van der Waals surface area contributed by atoms with Gasteiger partial charge in [0, 0.05) is 12.1 Å². The summed E-state index contributed by atoms with van der Waals surface area (Å²) in [5.41, 5.74) is 0.506. The first-order valence-corrected chi connectivity index (χ1v) is 5.31. The third kappa shape index (κ3) is 4.02. The van der Waals surface area contributed by atoms with E-state index in [1.807, 2.05) is 0 Å². The van der Waals surface area contributed by atoms with Crippen LogP contribution in [0.25, 0.3) is 0 Å². The van der Waals surface area contributed by atoms with Crippen molar-refractivity contribution in [2.24, 2.45) is 0 Å². The van der Waals surface area contributed by atoms with Crippen LogP contribution in [-0.4, -0.2) is 17.6 Å². The monoisotopic (exact) mass is 207 g/mol. The molecule has 0 saturated heterocycles. The molecule has 3 heteroatoms. The third-order valence-electron chi connectivity index (χ3n) is 2.17. The van der Waals surface area contributed by atoms with Crippen molar-refractivity contribution < 1.29 is 9.90 Å². The van der Waals surface area contributed by atoms with E-state index in [0.717, 1.165) is 19.3 Å². The molecule has 0 aliphatic carbocycles. The highest BCUT2D eigenvalue weighted by Crippen LogP contribution is 2.10. The Hall–Kier alpha value is -1.51. The van der Waals surface area contributed by atoms with Gasteiger partial charge in [-0.3, -0.25) is 4.79 Å². The maximum absolute atomic E-state index is 11.5. The zero-order valence-corrected chi connectivity index (χ0v) is 8.99. The predicted molar refractivity (Wildman–Crippen MR) is 60.0 cm³/mol. The zero-order valence-electron chi connectivity index (χ0n) is 8.99. The normalized spacial score (nSPS) is 9.93. The minimum absolute atomic E-state index is 0.121. The Morgan fingerprint density at radius 1 is 1.40 bits per heavy atom. The molecule has 0 aromatic heterocycles. The molecule has 82 valence electrons. The molecule has 0 aliphatic heterocycles. The van der Waals surface area contributed by atoms with E-state index >= 15 is 0 Å². The fourth-order valence-corrected chi connectivity index (χ4v) is 1.33. The van der Waals surface area contributed by atoms with E-state index < -0.39 is 0 Å². The first kappa shape index (κ1) is 11.6. The summed E-state index contributed by atoms with van der Waals surface area (Å²) in [7, 11) is 0. The van der Waals surface area contributed by atoms with E-state index in [1.54, 1.807) is 18.2 Å². The highest BCUT2D eigenvalue weighted by atomic mass is 16.3. The van der Waals surface area contributed by atoms with Gasteiger partial charge in [0.1, 0.15) is 5.75 Å². The lowest BCUT2D eigenvalue weighted by molar-refractivity contribution is 0.0952. The number of amides is 1. The minimum Gasteiger partial charge on any atom is -0.508 e. The van der Waals surface area contributed by atoms with Gasteiger partial charge < -0.3 is 10.4 Å². The first-order chi connectivity index (χ1) is 7.24. The maximum Gasteiger partial charge on any atom is 0.251 e. The second-order valence-electron chi connectivity index (χ2n) is 3.51. The van der Waals surface area contributed by atoms with Gasteiger partial charge in [-0.2, -0.15) is 0 Å². The quantitative estimate of drug-likeness (QED) is 0.728. The molecule has 0 atom stereocenters. The molecular weight excluding hydrogens is 190 g/mol. The molecule has 0 saturated carbocycles. The first-order valence-electron chi connectivity index (χ1n) is 5.31. The largest absolute Gasteiger partial charge is 0.508 e. The smallest absolute Gasteiger partial charge is 0.251 e. The van der Waals surface area contributed by atoms with Crippen molar-refractivity contribution in [2.45, 2.75) is 26.2 Å². The van der Waals surface area contributed by atoms with Gasteiger partial charge in [0.05, 0.1) is 0 Å². The van der Waals surface area contributed by atoms with Gasteiger partial charge in [-0.15, -0.1) is 0 Å². The Balaban J connectivity index is 2.40. The number of phenolic OH excluding ortho intramolecular Hbond substituents is 1. The Morgan fingerprint density at radius 2 is 2.20 bits per heavy atom. The Bertz CT molecular complexity index is 323. The number of aromatic hydroxyl groups is 1. The second kappa shape index (κ2) is 6.06. The Morgan fingerprint density at radius 3 is 2.87 bits per heavy atom. The maximum atomic E-state index is 11.5. The fourth-order valence-electron chi connectivity index (χ4n) is 1.33. The molecule has 1 aromatic rings. The molecule has 0 bridgehead atoms. The van der Waals surface area contributed by atoms with Gasteiger partial charge in [-0.05, 0) is 24.6 Å². The summed E-state index contributed by atoms with van der Waals surface area (Å²) in [4.78, 5) is 11.5. The van der Waals surface area contributed by atoms with E-state index in [1.165, 1.54) is 6.07 Å². The van der Waals surface area contributed by atoms with Gasteiger partial charge in [0.2, 0.25) is 0 Å². The third-order valence-corrected chi connectivity index (χ3v) is 2.17. The van der Waals surface area contributed by atoms with Crippen LogP contribution < -0.4 is 5.32 Å². The van der Waals surface area contributed by atoms with Crippen LogP contribution in [0.1, 0.15) is 36.5 Å². The van der Waals surface area contributed by atoms with E-state index in [-0.39, 0.29) is 11.7 Å². The lowest BCUT2D eigenvalue weighted by Gasteiger charge is -2.04. The summed E-state index contributed by atoms with van der Waals surface area (Å²) in [6, 6.07) is 6.37. The van der Waals surface area contributed by atoms with Crippen LogP contribution in [0.3, 0.4) is 0 Å². The molecule has 0 spiro atoms. The molecule has 0 fully saturated rings. The van der Waals surface area contributed by atoms with Gasteiger partial charge in [0.15, 0.2) is 0 Å². The number of hydrogen-bond acceptors (Lipinski definition) is 2. The van der Waals surface area contributed by atoms with Crippen LogP contribution in [0.5, 0.6) is 5.75 Å². The van der Waals surface area contributed by atoms with Gasteiger partial charge in [0.25, 0.3) is 5.91 Å². The van der Waals surface area contributed by atoms with Crippen LogP contribution >= 0.6 is 0 Å². The summed E-state index contributed by atoms with van der Waals surface area (Å²) >= 11 is 0. The van der Waals surface area contributed by atoms with Crippen molar-refractivity contribution in [3.8, 4) is 5.75 Å². The van der Waals surface area contributed by atoms with E-state index in [9.17, 15) is 9.90 Å². The molecule has 0 radical (unpaired) electrons. The molecule has 0 heterocycles. The van der Waals surface area contributed by atoms with Crippen LogP contribution in [0, 0.1) is 0 Å². The van der Waals surface area contributed by atoms with Crippen LogP contribution in [-0.2, 0) is 0 Å². The van der Waals surface area contributed by atoms with Crippen LogP contribution in [0.2, 0.25) is 0 Å². The van der Waals surface area contributed by atoms with E-state index in [0.29, 0.717) is 12.1 Å². The average molecular weight is 207 g/mol. The number of carbonyl (C=O) groups excluding carboxylic acids is 1. The van der Waals surface area contributed by atoms with Crippen molar-refractivity contribution in [1.82, 2.24) is 5.32 Å². The van der Waals surface area contributed by atoms with Crippen molar-refractivity contribution in [2.75, 3.05) is 6.54 Å². The lowest BCUT2D eigenvalue weighted by atomic mass is 10.2. The Labute approximate surface area is 90.1 Å². The highest BCUT2D eigenvalue weighted by molar-refractivity contribution is 5.94. The van der Waals surface area contributed by atoms with Crippen molar-refractivity contribution in [1.29, 1.82) is 0 Å². The molecule has 1 rings (SSSR count). The molecular formula is C12H17NO2. The molecule has 3 nitrogen and oxygen atoms in total. The molecule has 0 unspecified atom stereocenters. The second-order valence-corrected chi connectivity index (χ2v) is 3.51. The number of unbranched alkanes of at least 4 members (excludes halogenated alkanes) is 2.